The van der Waals surface area contributed by atoms with Gasteiger partial charge in [-0.3, -0.25) is 4.68 Å². The Labute approximate surface area is 154 Å². The van der Waals surface area contributed by atoms with Crippen LogP contribution < -0.4 is 4.90 Å². The minimum Gasteiger partial charge on any atom is -0.444 e. The summed E-state index contributed by atoms with van der Waals surface area (Å²) in [4.78, 5) is 25.0. The van der Waals surface area contributed by atoms with Gasteiger partial charge in [-0.25, -0.2) is 14.8 Å². The summed E-state index contributed by atoms with van der Waals surface area (Å²) in [7, 11) is 3.69. The highest BCUT2D eigenvalue weighted by Gasteiger charge is 2.27. The van der Waals surface area contributed by atoms with Crippen molar-refractivity contribution in [1.82, 2.24) is 24.6 Å². The summed E-state index contributed by atoms with van der Waals surface area (Å²) in [5.41, 5.74) is 0.361. The second-order valence-corrected chi connectivity index (χ2v) is 8.02. The van der Waals surface area contributed by atoms with Crippen LogP contribution in [0.25, 0.3) is 11.0 Å². The third-order valence-corrected chi connectivity index (χ3v) is 4.56. The van der Waals surface area contributed by atoms with Gasteiger partial charge in [0.25, 0.3) is 0 Å². The van der Waals surface area contributed by atoms with Crippen molar-refractivity contribution in [2.24, 2.45) is 13.0 Å². The van der Waals surface area contributed by atoms with Crippen LogP contribution in [0, 0.1) is 5.92 Å². The van der Waals surface area contributed by atoms with Gasteiger partial charge in [-0.15, -0.1) is 0 Å². The third kappa shape index (κ3) is 4.05. The Morgan fingerprint density at radius 1 is 1.38 bits per heavy atom. The zero-order chi connectivity index (χ0) is 18.9. The van der Waals surface area contributed by atoms with Gasteiger partial charge in [-0.05, 0) is 39.5 Å². The summed E-state index contributed by atoms with van der Waals surface area (Å²) in [6, 6.07) is 0. The molecule has 142 valence electrons. The topological polar surface area (TPSA) is 76.4 Å². The lowest BCUT2D eigenvalue weighted by atomic mass is 9.97. The Balaban J connectivity index is 1.68. The Morgan fingerprint density at radius 2 is 2.15 bits per heavy atom. The fourth-order valence-corrected chi connectivity index (χ4v) is 3.41. The molecule has 26 heavy (non-hydrogen) atoms. The summed E-state index contributed by atoms with van der Waals surface area (Å²) >= 11 is 0. The van der Waals surface area contributed by atoms with E-state index in [1.165, 1.54) is 0 Å². The number of amides is 1. The molecule has 1 amide bonds. The molecule has 8 nitrogen and oxygen atoms in total. The van der Waals surface area contributed by atoms with E-state index in [2.05, 4.69) is 20.0 Å². The maximum atomic E-state index is 12.2. The highest BCUT2D eigenvalue weighted by molar-refractivity contribution is 5.86. The van der Waals surface area contributed by atoms with Crippen LogP contribution in [0.1, 0.15) is 33.6 Å². The number of carbonyl (C=O) groups excluding carboxylic acids is 1. The predicted molar refractivity (Wildman–Crippen MR) is 100 cm³/mol. The number of aryl methyl sites for hydroxylation is 1. The number of ether oxygens (including phenoxy) is 1. The van der Waals surface area contributed by atoms with Gasteiger partial charge in [0, 0.05) is 33.7 Å². The summed E-state index contributed by atoms with van der Waals surface area (Å²) in [5, 5.41) is 5.26. The first-order valence-corrected chi connectivity index (χ1v) is 9.06. The second kappa shape index (κ2) is 7.09. The van der Waals surface area contributed by atoms with Crippen molar-refractivity contribution in [3.8, 4) is 0 Å². The first-order valence-electron chi connectivity index (χ1n) is 9.06. The fourth-order valence-electron chi connectivity index (χ4n) is 3.41. The number of nitrogens with zero attached hydrogens (tertiary/aromatic N) is 6. The quantitative estimate of drug-likeness (QED) is 0.837. The van der Waals surface area contributed by atoms with Gasteiger partial charge in [-0.1, -0.05) is 0 Å². The first-order chi connectivity index (χ1) is 12.2. The summed E-state index contributed by atoms with van der Waals surface area (Å²) in [6.07, 6.45) is 5.30. The standard InChI is InChI=1S/C18H28N6O2/c1-18(2,3)26-17(25)22(4)10-13-7-6-8-24(11-13)16-14-9-21-23(5)15(14)19-12-20-16/h9,12-13H,6-8,10-11H2,1-5H3/t13-/m0/s1. The van der Waals surface area contributed by atoms with Gasteiger partial charge in [0.1, 0.15) is 17.7 Å². The van der Waals surface area contributed by atoms with Gasteiger partial charge in [0.2, 0.25) is 0 Å². The molecule has 3 heterocycles. The molecule has 3 rings (SSSR count). The van der Waals surface area contributed by atoms with E-state index >= 15 is 0 Å². The maximum Gasteiger partial charge on any atom is 0.410 e. The van der Waals surface area contributed by atoms with Crippen LogP contribution in [0.2, 0.25) is 0 Å². The Bertz CT molecular complexity index is 782. The lowest BCUT2D eigenvalue weighted by Gasteiger charge is -2.35. The van der Waals surface area contributed by atoms with Crippen LogP contribution in [0.5, 0.6) is 0 Å². The number of anilines is 1. The number of piperidine rings is 1. The van der Waals surface area contributed by atoms with E-state index in [0.717, 1.165) is 42.8 Å². The average Bonchev–Trinajstić information content (AvgIpc) is 2.95. The maximum absolute atomic E-state index is 12.2. The summed E-state index contributed by atoms with van der Waals surface area (Å²) in [6.45, 7) is 8.13. The van der Waals surface area contributed by atoms with E-state index in [1.54, 1.807) is 23.0 Å². The zero-order valence-electron chi connectivity index (χ0n) is 16.3. The second-order valence-electron chi connectivity index (χ2n) is 8.02. The molecule has 0 aliphatic carbocycles. The number of fused-ring (bicyclic) bond motifs is 1. The predicted octanol–water partition coefficient (Wildman–Crippen LogP) is 2.45. The molecule has 0 spiro atoms. The van der Waals surface area contributed by atoms with E-state index in [0.29, 0.717) is 12.5 Å². The van der Waals surface area contributed by atoms with Gasteiger partial charge in [-0.2, -0.15) is 5.10 Å². The molecular weight excluding hydrogens is 332 g/mol. The molecule has 0 N–H and O–H groups in total. The first kappa shape index (κ1) is 18.4. The van der Waals surface area contributed by atoms with Crippen molar-refractivity contribution in [3.05, 3.63) is 12.5 Å². The zero-order valence-corrected chi connectivity index (χ0v) is 16.3. The van der Waals surface area contributed by atoms with E-state index < -0.39 is 5.60 Å². The number of hydrogen-bond donors (Lipinski definition) is 0. The number of aromatic nitrogens is 4. The molecule has 1 fully saturated rings. The Morgan fingerprint density at radius 3 is 2.88 bits per heavy atom. The van der Waals surface area contributed by atoms with Crippen molar-refractivity contribution in [3.63, 3.8) is 0 Å². The van der Waals surface area contributed by atoms with Crippen LogP contribution in [0.4, 0.5) is 10.6 Å². The van der Waals surface area contributed by atoms with Crippen LogP contribution in [-0.4, -0.2) is 63.0 Å². The number of carbonyl (C=O) groups is 1. The van der Waals surface area contributed by atoms with Crippen molar-refractivity contribution >= 4 is 22.9 Å². The molecule has 0 radical (unpaired) electrons. The average molecular weight is 360 g/mol. The van der Waals surface area contributed by atoms with Crippen molar-refractivity contribution in [1.29, 1.82) is 0 Å². The third-order valence-electron chi connectivity index (χ3n) is 4.56. The SMILES string of the molecule is CN(C[C@@H]1CCCN(c2ncnc3c2cnn3C)C1)C(=O)OC(C)(C)C. The molecule has 1 atom stereocenters. The normalized spacial score (nSPS) is 18.2. The highest BCUT2D eigenvalue weighted by Crippen LogP contribution is 2.27. The van der Waals surface area contributed by atoms with Crippen molar-refractivity contribution < 1.29 is 9.53 Å². The van der Waals surface area contributed by atoms with Crippen molar-refractivity contribution in [2.75, 3.05) is 31.6 Å². The molecule has 0 unspecified atom stereocenters. The van der Waals surface area contributed by atoms with E-state index in [9.17, 15) is 4.79 Å². The molecular formula is C18H28N6O2. The summed E-state index contributed by atoms with van der Waals surface area (Å²) in [5.74, 6) is 1.30. The molecule has 1 aliphatic heterocycles. The van der Waals surface area contributed by atoms with Crippen LogP contribution in [-0.2, 0) is 11.8 Å². The smallest absolute Gasteiger partial charge is 0.410 e. The lowest BCUT2D eigenvalue weighted by Crippen LogP contribution is -2.43. The van der Waals surface area contributed by atoms with E-state index in [1.807, 2.05) is 34.0 Å². The lowest BCUT2D eigenvalue weighted by molar-refractivity contribution is 0.0269. The minimum atomic E-state index is -0.475. The van der Waals surface area contributed by atoms with E-state index in [-0.39, 0.29) is 6.09 Å². The summed E-state index contributed by atoms with van der Waals surface area (Å²) < 4.78 is 7.22. The number of rotatable bonds is 3. The minimum absolute atomic E-state index is 0.272. The monoisotopic (exact) mass is 360 g/mol. The highest BCUT2D eigenvalue weighted by atomic mass is 16.6. The van der Waals surface area contributed by atoms with Gasteiger partial charge < -0.3 is 14.5 Å². The van der Waals surface area contributed by atoms with Gasteiger partial charge >= 0.3 is 6.09 Å². The molecule has 0 aromatic carbocycles. The molecule has 1 aliphatic rings. The Hall–Kier alpha value is -2.38. The molecule has 1 saturated heterocycles. The molecule has 2 aromatic heterocycles. The molecule has 0 bridgehead atoms. The number of hydrogen-bond acceptors (Lipinski definition) is 6. The van der Waals surface area contributed by atoms with Crippen molar-refractivity contribution in [2.45, 2.75) is 39.2 Å². The Kier molecular flexibility index (Phi) is 5.02. The van der Waals surface area contributed by atoms with Crippen LogP contribution >= 0.6 is 0 Å². The van der Waals surface area contributed by atoms with E-state index in [4.69, 9.17) is 4.74 Å². The van der Waals surface area contributed by atoms with Gasteiger partial charge in [0.15, 0.2) is 5.65 Å². The molecule has 8 heteroatoms. The fraction of sp³-hybridized carbons (Fsp3) is 0.667. The van der Waals surface area contributed by atoms with Crippen LogP contribution in [0.3, 0.4) is 0 Å². The van der Waals surface area contributed by atoms with Crippen LogP contribution in [0.15, 0.2) is 12.5 Å². The molecule has 0 saturated carbocycles. The molecule has 2 aromatic rings. The largest absolute Gasteiger partial charge is 0.444 e. The van der Waals surface area contributed by atoms with Gasteiger partial charge in [0.05, 0.1) is 11.6 Å².